The molecule has 0 saturated carbocycles. The summed E-state index contributed by atoms with van der Waals surface area (Å²) in [7, 11) is -3.31. The van der Waals surface area contributed by atoms with Gasteiger partial charge in [-0.05, 0) is 30.7 Å². The van der Waals surface area contributed by atoms with Gasteiger partial charge >= 0.3 is 7.60 Å². The van der Waals surface area contributed by atoms with Crippen molar-refractivity contribution in [1.29, 1.82) is 0 Å². The minimum atomic E-state index is -3.31. The summed E-state index contributed by atoms with van der Waals surface area (Å²) in [6.45, 7) is 2.37. The van der Waals surface area contributed by atoms with Crippen molar-refractivity contribution in [3.05, 3.63) is 60.7 Å². The maximum atomic E-state index is 12.9. The third-order valence-corrected chi connectivity index (χ3v) is 4.41. The average Bonchev–Trinajstić information content (AvgIpc) is 2.47. The van der Waals surface area contributed by atoms with Crippen molar-refractivity contribution >= 4 is 12.9 Å². The monoisotopic (exact) mass is 276 g/mol. The number of rotatable bonds is 6. The van der Waals surface area contributed by atoms with E-state index in [1.54, 1.807) is 24.3 Å². The van der Waals surface area contributed by atoms with Gasteiger partial charge in [0.15, 0.2) is 0 Å². The molecule has 0 saturated heterocycles. The molecule has 2 rings (SSSR count). The predicted molar refractivity (Wildman–Crippen MR) is 77.0 cm³/mol. The lowest BCUT2D eigenvalue weighted by Gasteiger charge is -2.19. The lowest BCUT2D eigenvalue weighted by Crippen LogP contribution is -2.12. The topological polar surface area (TPSA) is 35.5 Å². The Hall–Kier alpha value is -1.57. The highest BCUT2D eigenvalue weighted by Gasteiger charge is 2.28. The first-order chi connectivity index (χ1) is 9.24. The van der Waals surface area contributed by atoms with Crippen LogP contribution in [0.4, 0.5) is 0 Å². The van der Waals surface area contributed by atoms with Gasteiger partial charge in [-0.3, -0.25) is 4.52 Å². The van der Waals surface area contributed by atoms with Gasteiger partial charge in [0.1, 0.15) is 5.75 Å². The molecule has 0 heterocycles. The van der Waals surface area contributed by atoms with Crippen molar-refractivity contribution in [1.82, 2.24) is 0 Å². The predicted octanol–water partition coefficient (Wildman–Crippen LogP) is 4.01. The quantitative estimate of drug-likeness (QED) is 0.748. The normalized spacial score (nSPS) is 13.7. The second kappa shape index (κ2) is 6.55. The zero-order chi connectivity index (χ0) is 13.6. The van der Waals surface area contributed by atoms with Crippen LogP contribution in [0.2, 0.25) is 0 Å². The van der Waals surface area contributed by atoms with Gasteiger partial charge in [-0.2, -0.15) is 0 Å². The maximum absolute atomic E-state index is 12.9. The maximum Gasteiger partial charge on any atom is 0.410 e. The fourth-order valence-corrected chi connectivity index (χ4v) is 3.26. The number of para-hydroxylation sites is 1. The molecule has 0 fully saturated rings. The first kappa shape index (κ1) is 13.9. The van der Waals surface area contributed by atoms with E-state index in [4.69, 9.17) is 9.05 Å². The summed E-state index contributed by atoms with van der Waals surface area (Å²) in [5.41, 5.74) is 0. The lowest BCUT2D eigenvalue weighted by molar-refractivity contribution is 0.274. The highest BCUT2D eigenvalue weighted by molar-refractivity contribution is 7.62. The summed E-state index contributed by atoms with van der Waals surface area (Å²) in [5, 5.41) is 0.576. The SMILES string of the molecule is CCCOP(=O)(Oc1ccccc1)c1ccccc1. The van der Waals surface area contributed by atoms with E-state index >= 15 is 0 Å². The summed E-state index contributed by atoms with van der Waals surface area (Å²) >= 11 is 0. The minimum Gasteiger partial charge on any atom is -0.421 e. The molecule has 1 atom stereocenters. The van der Waals surface area contributed by atoms with E-state index in [-0.39, 0.29) is 0 Å². The average molecular weight is 276 g/mol. The molecule has 0 spiro atoms. The third-order valence-electron chi connectivity index (χ3n) is 2.51. The van der Waals surface area contributed by atoms with Gasteiger partial charge in [-0.25, -0.2) is 4.57 Å². The van der Waals surface area contributed by atoms with Crippen molar-refractivity contribution in [2.75, 3.05) is 6.61 Å². The minimum absolute atomic E-state index is 0.402. The Morgan fingerprint density at radius 3 is 2.11 bits per heavy atom. The Morgan fingerprint density at radius 2 is 1.53 bits per heavy atom. The first-order valence-electron chi connectivity index (χ1n) is 6.29. The molecular weight excluding hydrogens is 259 g/mol. The van der Waals surface area contributed by atoms with E-state index in [1.807, 2.05) is 43.3 Å². The van der Waals surface area contributed by atoms with Crippen LogP contribution < -0.4 is 9.83 Å². The van der Waals surface area contributed by atoms with Crippen molar-refractivity contribution in [3.8, 4) is 5.75 Å². The van der Waals surface area contributed by atoms with E-state index in [9.17, 15) is 4.57 Å². The molecule has 0 radical (unpaired) electrons. The van der Waals surface area contributed by atoms with Gasteiger partial charge in [0.25, 0.3) is 0 Å². The van der Waals surface area contributed by atoms with Gasteiger partial charge in [0.05, 0.1) is 11.9 Å². The van der Waals surface area contributed by atoms with Crippen LogP contribution in [0.15, 0.2) is 60.7 Å². The molecule has 0 aliphatic heterocycles. The molecule has 0 bridgehead atoms. The number of hydrogen-bond donors (Lipinski definition) is 0. The molecule has 1 unspecified atom stereocenters. The van der Waals surface area contributed by atoms with Crippen LogP contribution in [0.1, 0.15) is 13.3 Å². The second-order valence-electron chi connectivity index (χ2n) is 4.07. The molecule has 0 aromatic heterocycles. The molecular formula is C15H17O3P. The summed E-state index contributed by atoms with van der Waals surface area (Å²) in [6.07, 6.45) is 0.787. The zero-order valence-corrected chi connectivity index (χ0v) is 11.8. The molecule has 4 heteroatoms. The zero-order valence-electron chi connectivity index (χ0n) is 10.9. The van der Waals surface area contributed by atoms with Crippen LogP contribution in [0.3, 0.4) is 0 Å². The Bertz CT molecular complexity index is 540. The molecule has 2 aromatic carbocycles. The van der Waals surface area contributed by atoms with Gasteiger partial charge in [0.2, 0.25) is 0 Å². The largest absolute Gasteiger partial charge is 0.421 e. The molecule has 3 nitrogen and oxygen atoms in total. The molecule has 0 aliphatic rings. The van der Waals surface area contributed by atoms with Crippen molar-refractivity contribution in [3.63, 3.8) is 0 Å². The van der Waals surface area contributed by atoms with Crippen LogP contribution in [-0.2, 0) is 9.09 Å². The fraction of sp³-hybridized carbons (Fsp3) is 0.200. The number of hydrogen-bond acceptors (Lipinski definition) is 3. The number of benzene rings is 2. The van der Waals surface area contributed by atoms with Gasteiger partial charge in [-0.15, -0.1) is 0 Å². The van der Waals surface area contributed by atoms with Crippen LogP contribution in [0, 0.1) is 0 Å². The van der Waals surface area contributed by atoms with Crippen molar-refractivity contribution in [2.45, 2.75) is 13.3 Å². The summed E-state index contributed by atoms with van der Waals surface area (Å²) < 4.78 is 24.0. The summed E-state index contributed by atoms with van der Waals surface area (Å²) in [4.78, 5) is 0. The standard InChI is InChI=1S/C15H17O3P/c1-2-13-17-19(16,15-11-7-4-8-12-15)18-14-9-5-3-6-10-14/h3-12H,2,13H2,1H3. The van der Waals surface area contributed by atoms with E-state index in [1.165, 1.54) is 0 Å². The Labute approximate surface area is 113 Å². The lowest BCUT2D eigenvalue weighted by atomic mass is 10.3. The molecule has 19 heavy (non-hydrogen) atoms. The highest BCUT2D eigenvalue weighted by atomic mass is 31.2. The first-order valence-corrected chi connectivity index (χ1v) is 7.84. The van der Waals surface area contributed by atoms with Crippen LogP contribution in [0.25, 0.3) is 0 Å². The Kier molecular flexibility index (Phi) is 4.78. The Balaban J connectivity index is 2.27. The highest BCUT2D eigenvalue weighted by Crippen LogP contribution is 2.47. The van der Waals surface area contributed by atoms with Gasteiger partial charge in [0, 0.05) is 0 Å². The summed E-state index contributed by atoms with van der Waals surface area (Å²) in [6, 6.07) is 18.1. The molecule has 0 amide bonds. The van der Waals surface area contributed by atoms with Crippen molar-refractivity contribution < 1.29 is 13.6 Å². The van der Waals surface area contributed by atoms with E-state index < -0.39 is 7.60 Å². The molecule has 0 N–H and O–H groups in total. The Morgan fingerprint density at radius 1 is 0.947 bits per heavy atom. The molecule has 0 aliphatic carbocycles. The van der Waals surface area contributed by atoms with Crippen LogP contribution in [0.5, 0.6) is 5.75 Å². The fourth-order valence-electron chi connectivity index (χ4n) is 1.60. The summed E-state index contributed by atoms with van der Waals surface area (Å²) in [5.74, 6) is 0.547. The van der Waals surface area contributed by atoms with E-state index in [0.717, 1.165) is 6.42 Å². The van der Waals surface area contributed by atoms with E-state index in [0.29, 0.717) is 17.7 Å². The van der Waals surface area contributed by atoms with Gasteiger partial charge < -0.3 is 4.52 Å². The smallest absolute Gasteiger partial charge is 0.410 e. The van der Waals surface area contributed by atoms with E-state index in [2.05, 4.69) is 0 Å². The second-order valence-corrected chi connectivity index (χ2v) is 6.02. The third kappa shape index (κ3) is 3.69. The van der Waals surface area contributed by atoms with Crippen molar-refractivity contribution in [2.24, 2.45) is 0 Å². The molecule has 100 valence electrons. The van der Waals surface area contributed by atoms with Crippen LogP contribution in [-0.4, -0.2) is 6.61 Å². The van der Waals surface area contributed by atoms with Crippen LogP contribution >= 0.6 is 7.60 Å². The molecule has 2 aromatic rings. The van der Waals surface area contributed by atoms with Gasteiger partial charge in [-0.1, -0.05) is 43.3 Å².